The lowest BCUT2D eigenvalue weighted by Crippen LogP contribution is -2.37. The van der Waals surface area contributed by atoms with E-state index in [9.17, 15) is 18.4 Å². The number of nitrogens with zero attached hydrogens (tertiary/aromatic N) is 2. The van der Waals surface area contributed by atoms with Gasteiger partial charge in [0.15, 0.2) is 0 Å². The van der Waals surface area contributed by atoms with E-state index in [0.717, 1.165) is 99.1 Å². The molecule has 9 rings (SSSR count). The van der Waals surface area contributed by atoms with Gasteiger partial charge in [0, 0.05) is 70.9 Å². The second-order valence-corrected chi connectivity index (χ2v) is 14.8. The van der Waals surface area contributed by atoms with Gasteiger partial charge in [0.2, 0.25) is 0 Å². The van der Waals surface area contributed by atoms with E-state index in [0.29, 0.717) is 71.6 Å². The molecule has 5 aliphatic rings. The van der Waals surface area contributed by atoms with Crippen molar-refractivity contribution in [3.8, 4) is 11.5 Å². The highest BCUT2D eigenvalue weighted by Gasteiger charge is 2.34. The predicted octanol–water partition coefficient (Wildman–Crippen LogP) is 7.56. The third-order valence-corrected chi connectivity index (χ3v) is 11.1. The monoisotopic (exact) mass is 806 g/mol. The van der Waals surface area contributed by atoms with E-state index < -0.39 is 0 Å². The van der Waals surface area contributed by atoms with E-state index in [2.05, 4.69) is 34.3 Å². The maximum Gasteiger partial charge on any atom is 0.260 e. The fourth-order valence-electron chi connectivity index (χ4n) is 7.92. The molecule has 0 bridgehead atoms. The van der Waals surface area contributed by atoms with Crippen molar-refractivity contribution in [3.05, 3.63) is 118 Å². The zero-order valence-corrected chi connectivity index (χ0v) is 33.3. The van der Waals surface area contributed by atoms with E-state index in [1.165, 1.54) is 24.3 Å². The molecule has 0 aliphatic carbocycles. The van der Waals surface area contributed by atoms with Gasteiger partial charge in [0.05, 0.1) is 37.6 Å². The van der Waals surface area contributed by atoms with Crippen molar-refractivity contribution >= 4 is 45.9 Å². The number of ether oxygens (including phenoxy) is 5. The highest BCUT2D eigenvalue weighted by molar-refractivity contribution is 6.37. The fraction of sp³-hybridized carbons (Fsp3) is 0.348. The number of carbonyl (C=O) groups excluding carboxylic acids is 2. The fourth-order valence-corrected chi connectivity index (χ4v) is 7.92. The maximum atomic E-state index is 13.7. The molecule has 1 fully saturated rings. The molecule has 0 atom stereocenters. The van der Waals surface area contributed by atoms with Gasteiger partial charge in [-0.15, -0.1) is 0 Å². The summed E-state index contributed by atoms with van der Waals surface area (Å²) in [5, 5.41) is 5.55. The van der Waals surface area contributed by atoms with Crippen molar-refractivity contribution in [2.45, 2.75) is 39.9 Å². The number of hydrogen-bond acceptors (Lipinski definition) is 9. The molecule has 4 aromatic rings. The second-order valence-electron chi connectivity index (χ2n) is 14.8. The number of halogens is 2. The molecule has 308 valence electrons. The minimum Gasteiger partial charge on any atom is -0.494 e. The molecular weight excluding hydrogens is 759 g/mol. The summed E-state index contributed by atoms with van der Waals surface area (Å²) in [4.78, 5) is 29.7. The van der Waals surface area contributed by atoms with Crippen LogP contribution in [-0.4, -0.2) is 87.3 Å². The number of morpholine rings is 1. The standard InChI is InChI=1S/C23H23FN2O4.C23H25FN2O3/c24-16-2-5-20-19(13-16)21(23(27)25-20)22-18-4-3-17(12-15(18)14-30-22)29-9-1-6-26-7-10-28-11-8-26;1-3-26(4-2)10-5-11-28-17-7-8-18-15(12-17)14-29-22(18)21-19-13-16(24)6-9-20(19)25-23(21)27/h2-5,12-13H,1,6-11,14H2,(H,25,27);6-9,12-13H,3-5,10-11,14H2,1-2H3,(H,25,27)/b2*22-21+. The number of benzene rings is 4. The van der Waals surface area contributed by atoms with Crippen LogP contribution in [0.1, 0.15) is 60.1 Å². The molecule has 59 heavy (non-hydrogen) atoms. The Morgan fingerprint density at radius 3 is 1.68 bits per heavy atom. The number of anilines is 2. The van der Waals surface area contributed by atoms with Crippen molar-refractivity contribution in [2.75, 3.05) is 76.3 Å². The van der Waals surface area contributed by atoms with E-state index in [-0.39, 0.29) is 23.4 Å². The molecule has 0 saturated carbocycles. The first-order valence-corrected chi connectivity index (χ1v) is 20.3. The minimum absolute atomic E-state index is 0.273. The van der Waals surface area contributed by atoms with Crippen LogP contribution < -0.4 is 20.1 Å². The van der Waals surface area contributed by atoms with Crippen LogP contribution in [0.5, 0.6) is 11.5 Å². The first kappa shape index (κ1) is 40.0. The van der Waals surface area contributed by atoms with Crippen LogP contribution in [0.15, 0.2) is 72.8 Å². The Morgan fingerprint density at radius 1 is 0.661 bits per heavy atom. The van der Waals surface area contributed by atoms with Gasteiger partial charge in [-0.25, -0.2) is 8.78 Å². The molecule has 5 heterocycles. The summed E-state index contributed by atoms with van der Waals surface area (Å²) >= 11 is 0. The Labute approximate surface area is 342 Å². The Balaban J connectivity index is 0.000000164. The Morgan fingerprint density at radius 2 is 1.17 bits per heavy atom. The third kappa shape index (κ3) is 8.82. The number of amides is 2. The van der Waals surface area contributed by atoms with E-state index in [4.69, 9.17) is 23.7 Å². The normalized spacial score (nSPS) is 18.9. The van der Waals surface area contributed by atoms with Crippen LogP contribution in [-0.2, 0) is 37.0 Å². The summed E-state index contributed by atoms with van der Waals surface area (Å²) in [7, 11) is 0. The summed E-state index contributed by atoms with van der Waals surface area (Å²) in [6.07, 6.45) is 1.92. The summed E-state index contributed by atoms with van der Waals surface area (Å²) in [5.41, 5.74) is 6.65. The lowest BCUT2D eigenvalue weighted by atomic mass is 10.0. The lowest BCUT2D eigenvalue weighted by Gasteiger charge is -2.26. The second kappa shape index (κ2) is 18.0. The van der Waals surface area contributed by atoms with E-state index >= 15 is 0 Å². The molecule has 5 aliphatic heterocycles. The molecule has 11 nitrogen and oxygen atoms in total. The largest absolute Gasteiger partial charge is 0.494 e. The quantitative estimate of drug-likeness (QED) is 0.111. The lowest BCUT2D eigenvalue weighted by molar-refractivity contribution is -0.111. The number of nitrogens with one attached hydrogen (secondary N) is 2. The summed E-state index contributed by atoms with van der Waals surface area (Å²) < 4.78 is 56.3. The number of hydrogen-bond donors (Lipinski definition) is 2. The van der Waals surface area contributed by atoms with Crippen molar-refractivity contribution < 1.29 is 42.1 Å². The number of fused-ring (bicyclic) bond motifs is 4. The van der Waals surface area contributed by atoms with Crippen molar-refractivity contribution in [3.63, 3.8) is 0 Å². The molecule has 1 saturated heterocycles. The number of rotatable bonds is 12. The Bertz CT molecular complexity index is 2300. The highest BCUT2D eigenvalue weighted by atomic mass is 19.1. The van der Waals surface area contributed by atoms with Crippen LogP contribution in [0.3, 0.4) is 0 Å². The van der Waals surface area contributed by atoms with Gasteiger partial charge in [0.1, 0.15) is 47.9 Å². The molecule has 0 aromatic heterocycles. The molecule has 2 N–H and O–H groups in total. The molecule has 0 unspecified atom stereocenters. The Kier molecular flexibility index (Phi) is 12.2. The first-order valence-electron chi connectivity index (χ1n) is 20.3. The van der Waals surface area contributed by atoms with Gasteiger partial charge in [-0.05, 0) is 98.7 Å². The van der Waals surface area contributed by atoms with E-state index in [1.54, 1.807) is 12.1 Å². The molecule has 13 heteroatoms. The smallest absolute Gasteiger partial charge is 0.260 e. The van der Waals surface area contributed by atoms with E-state index in [1.807, 2.05) is 36.4 Å². The van der Waals surface area contributed by atoms with Crippen LogP contribution in [0, 0.1) is 11.6 Å². The van der Waals surface area contributed by atoms with Crippen molar-refractivity contribution in [1.29, 1.82) is 0 Å². The SMILES string of the molecule is CCN(CC)CCCOc1ccc2c(c1)CO/C2=C1/C(=O)Nc2ccc(F)cc21.O=C1Nc2ccc(F)cc2/C1=C1\OCc2cc(OCCCN3CCOCC3)ccc21. The van der Waals surface area contributed by atoms with Gasteiger partial charge in [0.25, 0.3) is 11.8 Å². The molecule has 0 radical (unpaired) electrons. The average molecular weight is 807 g/mol. The average Bonchev–Trinajstić information content (AvgIpc) is 4.01. The minimum atomic E-state index is -0.387. The van der Waals surface area contributed by atoms with Crippen LogP contribution in [0.4, 0.5) is 20.2 Å². The first-order chi connectivity index (χ1) is 28.8. The summed E-state index contributed by atoms with van der Waals surface area (Å²) in [6, 6.07) is 20.1. The molecular formula is C46H48F2N4O7. The van der Waals surface area contributed by atoms with Crippen LogP contribution >= 0.6 is 0 Å². The van der Waals surface area contributed by atoms with Crippen LogP contribution in [0.2, 0.25) is 0 Å². The third-order valence-electron chi connectivity index (χ3n) is 11.1. The number of carbonyl (C=O) groups is 2. The zero-order chi connectivity index (χ0) is 40.9. The van der Waals surface area contributed by atoms with Crippen LogP contribution in [0.25, 0.3) is 22.7 Å². The van der Waals surface area contributed by atoms with Gasteiger partial charge in [-0.3, -0.25) is 14.5 Å². The van der Waals surface area contributed by atoms with Gasteiger partial charge >= 0.3 is 0 Å². The predicted molar refractivity (Wildman–Crippen MR) is 221 cm³/mol. The molecule has 2 amide bonds. The summed E-state index contributed by atoms with van der Waals surface area (Å²) in [5.74, 6) is 1.24. The van der Waals surface area contributed by atoms with Crippen molar-refractivity contribution in [2.24, 2.45) is 0 Å². The van der Waals surface area contributed by atoms with Crippen molar-refractivity contribution in [1.82, 2.24) is 9.80 Å². The van der Waals surface area contributed by atoms with Gasteiger partial charge < -0.3 is 39.2 Å². The maximum absolute atomic E-state index is 13.7. The highest BCUT2D eigenvalue weighted by Crippen LogP contribution is 2.44. The van der Waals surface area contributed by atoms with Gasteiger partial charge in [-0.1, -0.05) is 13.8 Å². The Hall–Kier alpha value is -5.76. The molecule has 4 aromatic carbocycles. The topological polar surface area (TPSA) is 111 Å². The zero-order valence-electron chi connectivity index (χ0n) is 33.3. The summed E-state index contributed by atoms with van der Waals surface area (Å²) in [6.45, 7) is 14.0. The molecule has 0 spiro atoms. The van der Waals surface area contributed by atoms with Gasteiger partial charge in [-0.2, -0.15) is 0 Å².